The molecule has 0 bridgehead atoms. The molecule has 0 spiro atoms. The van der Waals surface area contributed by atoms with E-state index >= 15 is 0 Å². The number of carboxylic acids is 1. The summed E-state index contributed by atoms with van der Waals surface area (Å²) in [5.74, 6) is -1.65. The number of amides is 1. The van der Waals surface area contributed by atoms with Crippen molar-refractivity contribution < 1.29 is 46.2 Å². The van der Waals surface area contributed by atoms with Crippen LogP contribution in [-0.4, -0.2) is 74.9 Å². The molecule has 0 aliphatic carbocycles. The summed E-state index contributed by atoms with van der Waals surface area (Å²) in [6.07, 6.45) is 0.355. The first-order valence-electron chi connectivity index (χ1n) is 10.8. The molecule has 14 heteroatoms. The normalized spacial score (nSPS) is 15.9. The lowest BCUT2D eigenvalue weighted by atomic mass is 9.89. The number of nitrogens with one attached hydrogen (secondary N) is 1. The molecule has 0 saturated carbocycles. The Morgan fingerprint density at radius 3 is 1.92 bits per heavy atom. The average Bonchev–Trinajstić information content (AvgIpc) is 2.84. The number of sulfonamides is 1. The molecule has 0 aromatic heterocycles. The van der Waals surface area contributed by atoms with Crippen LogP contribution in [0.1, 0.15) is 19.3 Å². The van der Waals surface area contributed by atoms with Crippen molar-refractivity contribution in [3.05, 3.63) is 48.5 Å². The molecular formula is C22H26N2O10S2. The maximum absolute atomic E-state index is 13.6. The summed E-state index contributed by atoms with van der Waals surface area (Å²) in [6, 6.07) is 10.9. The van der Waals surface area contributed by atoms with Gasteiger partial charge in [0.1, 0.15) is 17.0 Å². The van der Waals surface area contributed by atoms with Gasteiger partial charge in [0, 0.05) is 26.0 Å². The van der Waals surface area contributed by atoms with E-state index in [-0.39, 0.29) is 41.6 Å². The number of nitrogens with zero attached hydrogens (tertiary/aromatic N) is 1. The summed E-state index contributed by atoms with van der Waals surface area (Å²) in [5, 5.41) is 18.5. The number of benzene rings is 2. The lowest BCUT2D eigenvalue weighted by molar-refractivity contribution is -0.146. The molecule has 1 heterocycles. The largest absolute Gasteiger partial charge is 0.481 e. The van der Waals surface area contributed by atoms with Crippen LogP contribution in [0.3, 0.4) is 0 Å². The van der Waals surface area contributed by atoms with Gasteiger partial charge in [-0.2, -0.15) is 4.31 Å². The van der Waals surface area contributed by atoms with Crippen LogP contribution in [0.15, 0.2) is 58.3 Å². The Morgan fingerprint density at radius 1 is 0.972 bits per heavy atom. The topological polar surface area (TPSA) is 177 Å². The van der Waals surface area contributed by atoms with Crippen molar-refractivity contribution in [2.75, 3.05) is 26.0 Å². The molecule has 0 radical (unpaired) electrons. The minimum Gasteiger partial charge on any atom is -0.481 e. The van der Waals surface area contributed by atoms with E-state index in [1.165, 1.54) is 54.0 Å². The molecule has 1 aliphatic heterocycles. The Hall–Kier alpha value is -3.04. The molecule has 1 saturated heterocycles. The van der Waals surface area contributed by atoms with Crippen molar-refractivity contribution in [2.24, 2.45) is 0 Å². The first-order valence-corrected chi connectivity index (χ1v) is 14.1. The van der Waals surface area contributed by atoms with Gasteiger partial charge in [-0.25, -0.2) is 22.3 Å². The molecule has 1 aliphatic rings. The lowest BCUT2D eigenvalue weighted by Crippen LogP contribution is -2.62. The second kappa shape index (κ2) is 10.9. The van der Waals surface area contributed by atoms with Crippen LogP contribution in [-0.2, 0) is 34.2 Å². The molecule has 36 heavy (non-hydrogen) atoms. The molecule has 0 atom stereocenters. The Balaban J connectivity index is 1.91. The molecule has 0 unspecified atom stereocenters. The average molecular weight is 543 g/mol. The number of carbonyl (C=O) groups excluding carboxylic acids is 1. The van der Waals surface area contributed by atoms with Crippen LogP contribution in [0.4, 0.5) is 0 Å². The van der Waals surface area contributed by atoms with E-state index in [9.17, 15) is 31.6 Å². The quantitative estimate of drug-likeness (QED) is 0.294. The minimum atomic E-state index is -4.40. The number of carboxylic acid groups (broad SMARTS) is 1. The second-order valence-electron chi connectivity index (χ2n) is 8.12. The first-order chi connectivity index (χ1) is 16.9. The van der Waals surface area contributed by atoms with Gasteiger partial charge in [-0.05, 0) is 61.4 Å². The number of rotatable bonds is 10. The third-order valence-corrected chi connectivity index (χ3v) is 8.86. The number of ether oxygens (including phenoxy) is 2. The van der Waals surface area contributed by atoms with Gasteiger partial charge >= 0.3 is 5.97 Å². The van der Waals surface area contributed by atoms with Crippen molar-refractivity contribution in [3.63, 3.8) is 0 Å². The van der Waals surface area contributed by atoms with E-state index in [0.29, 0.717) is 5.75 Å². The third-order valence-electron chi connectivity index (χ3n) is 5.75. The molecule has 1 amide bonds. The van der Waals surface area contributed by atoms with E-state index in [1.54, 1.807) is 0 Å². The van der Waals surface area contributed by atoms with Gasteiger partial charge in [-0.1, -0.05) is 0 Å². The van der Waals surface area contributed by atoms with Crippen molar-refractivity contribution in [3.8, 4) is 11.5 Å². The van der Waals surface area contributed by atoms with Crippen molar-refractivity contribution in [2.45, 2.75) is 34.6 Å². The summed E-state index contributed by atoms with van der Waals surface area (Å²) in [5.41, 5.74) is -0.227. The van der Waals surface area contributed by atoms with Crippen LogP contribution < -0.4 is 10.2 Å². The fraction of sp³-hybridized carbons (Fsp3) is 0.364. The summed E-state index contributed by atoms with van der Waals surface area (Å²) >= 11 is 0. The summed E-state index contributed by atoms with van der Waals surface area (Å²) < 4.78 is 62.1. The predicted octanol–water partition coefficient (Wildman–Crippen LogP) is 1.40. The highest BCUT2D eigenvalue weighted by Crippen LogP contribution is 2.34. The highest BCUT2D eigenvalue weighted by Gasteiger charge is 2.50. The first kappa shape index (κ1) is 27.5. The highest BCUT2D eigenvalue weighted by atomic mass is 32.2. The molecule has 1 fully saturated rings. The van der Waals surface area contributed by atoms with E-state index in [0.717, 1.165) is 10.6 Å². The fourth-order valence-corrected chi connectivity index (χ4v) is 6.28. The SMILES string of the molecule is CS(=O)(=O)c1ccc(Oc2ccc(S(=O)(=O)N(CCC(=O)O)C3(C(=O)NO)CCOCC3)cc2)cc1. The molecule has 2 aromatic carbocycles. The van der Waals surface area contributed by atoms with Crippen molar-refractivity contribution >= 4 is 31.7 Å². The summed E-state index contributed by atoms with van der Waals surface area (Å²) in [6.45, 7) is -0.426. The number of aliphatic carboxylic acids is 1. The van der Waals surface area contributed by atoms with Crippen LogP contribution in [0.5, 0.6) is 11.5 Å². The van der Waals surface area contributed by atoms with Crippen LogP contribution in [0, 0.1) is 0 Å². The maximum atomic E-state index is 13.6. The van der Waals surface area contributed by atoms with Gasteiger partial charge in [0.2, 0.25) is 10.0 Å². The van der Waals surface area contributed by atoms with Gasteiger partial charge in [0.15, 0.2) is 9.84 Å². The highest BCUT2D eigenvalue weighted by molar-refractivity contribution is 7.90. The lowest BCUT2D eigenvalue weighted by Gasteiger charge is -2.43. The molecular weight excluding hydrogens is 516 g/mol. The number of hydrogen-bond acceptors (Lipinski definition) is 9. The summed E-state index contributed by atoms with van der Waals surface area (Å²) in [4.78, 5) is 23.8. The molecule has 12 nitrogen and oxygen atoms in total. The number of hydroxylamine groups is 1. The zero-order valence-corrected chi connectivity index (χ0v) is 20.9. The molecule has 196 valence electrons. The molecule has 2 aromatic rings. The van der Waals surface area contributed by atoms with Gasteiger partial charge in [-0.15, -0.1) is 0 Å². The monoisotopic (exact) mass is 542 g/mol. The van der Waals surface area contributed by atoms with E-state index in [2.05, 4.69) is 0 Å². The number of sulfone groups is 1. The Kier molecular flexibility index (Phi) is 8.36. The molecule has 3 N–H and O–H groups in total. The van der Waals surface area contributed by atoms with Gasteiger partial charge in [0.25, 0.3) is 5.91 Å². The zero-order chi connectivity index (χ0) is 26.6. The minimum absolute atomic E-state index is 0.0391. The summed E-state index contributed by atoms with van der Waals surface area (Å²) in [7, 11) is -7.77. The van der Waals surface area contributed by atoms with E-state index in [1.807, 2.05) is 0 Å². The fourth-order valence-electron chi connectivity index (χ4n) is 3.86. The Bertz CT molecular complexity index is 1300. The Labute approximate surface area is 208 Å². The number of hydrogen-bond donors (Lipinski definition) is 3. The number of carbonyl (C=O) groups is 2. The van der Waals surface area contributed by atoms with Crippen LogP contribution >= 0.6 is 0 Å². The van der Waals surface area contributed by atoms with Crippen LogP contribution in [0.25, 0.3) is 0 Å². The second-order valence-corrected chi connectivity index (χ2v) is 12.0. The molecule has 3 rings (SSSR count). The van der Waals surface area contributed by atoms with Gasteiger partial charge < -0.3 is 14.6 Å². The van der Waals surface area contributed by atoms with Crippen LogP contribution in [0.2, 0.25) is 0 Å². The predicted molar refractivity (Wildman–Crippen MR) is 125 cm³/mol. The van der Waals surface area contributed by atoms with E-state index in [4.69, 9.17) is 14.6 Å². The van der Waals surface area contributed by atoms with Gasteiger partial charge in [-0.3, -0.25) is 14.8 Å². The Morgan fingerprint density at radius 2 is 1.47 bits per heavy atom. The third kappa shape index (κ3) is 6.02. The van der Waals surface area contributed by atoms with E-state index < -0.39 is 50.2 Å². The maximum Gasteiger partial charge on any atom is 0.304 e. The van der Waals surface area contributed by atoms with Crippen molar-refractivity contribution in [1.29, 1.82) is 0 Å². The van der Waals surface area contributed by atoms with Gasteiger partial charge in [0.05, 0.1) is 16.2 Å². The van der Waals surface area contributed by atoms with Crippen molar-refractivity contribution in [1.82, 2.24) is 9.79 Å². The zero-order valence-electron chi connectivity index (χ0n) is 19.3. The smallest absolute Gasteiger partial charge is 0.304 e. The standard InChI is InChI=1S/C22H26N2O10S2/c1-35(29,30)18-6-2-16(3-7-18)34-17-4-8-19(9-5-17)36(31,32)24(13-10-20(25)26)22(21(27)23-28)11-14-33-15-12-22/h2-9,28H,10-15H2,1H3,(H,23,27)(H,25,26).